The lowest BCUT2D eigenvalue weighted by molar-refractivity contribution is 0.0110. The van der Waals surface area contributed by atoms with Crippen molar-refractivity contribution in [1.29, 1.82) is 0 Å². The van der Waals surface area contributed by atoms with Crippen molar-refractivity contribution in [3.05, 3.63) is 23.4 Å². The Kier molecular flexibility index (Phi) is 8.20. The van der Waals surface area contributed by atoms with Crippen LogP contribution in [-0.4, -0.2) is 53.0 Å². The van der Waals surface area contributed by atoms with Gasteiger partial charge in [-0.3, -0.25) is 0 Å². The van der Waals surface area contributed by atoms with Gasteiger partial charge in [0, 0.05) is 18.5 Å². The highest BCUT2D eigenvalue weighted by molar-refractivity contribution is 6.52. The maximum atomic E-state index is 9.72. The Labute approximate surface area is 132 Å². The van der Waals surface area contributed by atoms with Gasteiger partial charge in [-0.15, -0.1) is 0 Å². The summed E-state index contributed by atoms with van der Waals surface area (Å²) in [6.07, 6.45) is 6.45. The van der Waals surface area contributed by atoms with Crippen molar-refractivity contribution in [2.45, 2.75) is 51.5 Å². The van der Waals surface area contributed by atoms with Crippen LogP contribution in [0.3, 0.4) is 0 Å². The van der Waals surface area contributed by atoms with Gasteiger partial charge in [0.05, 0.1) is 12.4 Å². The van der Waals surface area contributed by atoms with E-state index in [2.05, 4.69) is 0 Å². The van der Waals surface area contributed by atoms with E-state index in [-0.39, 0.29) is 11.9 Å². The summed E-state index contributed by atoms with van der Waals surface area (Å²) in [6.45, 7) is 4.86. The molecular weight excluding hydrogens is 286 g/mol. The van der Waals surface area contributed by atoms with E-state index in [4.69, 9.17) is 9.47 Å². The first kappa shape index (κ1) is 19.3. The molecule has 0 aromatic heterocycles. The monoisotopic (exact) mass is 312 g/mol. The van der Waals surface area contributed by atoms with Crippen molar-refractivity contribution in [2.24, 2.45) is 0 Å². The smallest absolute Gasteiger partial charge is 0.491 e. The first-order valence-corrected chi connectivity index (χ1v) is 7.88. The van der Waals surface area contributed by atoms with Crippen molar-refractivity contribution in [2.75, 3.05) is 13.2 Å². The van der Waals surface area contributed by atoms with E-state index in [0.717, 1.165) is 25.7 Å². The van der Waals surface area contributed by atoms with Crippen LogP contribution < -0.4 is 0 Å². The Morgan fingerprint density at radius 2 is 1.73 bits per heavy atom. The summed E-state index contributed by atoms with van der Waals surface area (Å²) in [6, 6.07) is 0. The molecule has 0 fully saturated rings. The number of unbranched alkanes of at least 4 members (excludes halogenated alkanes) is 2. The normalized spacial score (nSPS) is 21.2. The molecule has 0 saturated heterocycles. The van der Waals surface area contributed by atoms with Crippen LogP contribution in [0.4, 0.5) is 0 Å². The molecule has 0 aromatic rings. The summed E-state index contributed by atoms with van der Waals surface area (Å²) in [4.78, 5) is 0. The third-order valence-corrected chi connectivity index (χ3v) is 3.66. The topological polar surface area (TPSA) is 99.4 Å². The second-order valence-electron chi connectivity index (χ2n) is 5.49. The van der Waals surface area contributed by atoms with E-state index in [1.54, 1.807) is 0 Å². The molecule has 4 N–H and O–H groups in total. The van der Waals surface area contributed by atoms with Gasteiger partial charge >= 0.3 is 14.2 Å². The maximum absolute atomic E-state index is 9.72. The molecule has 0 spiro atoms. The predicted octanol–water partition coefficient (Wildman–Crippen LogP) is 0.597. The second kappa shape index (κ2) is 9.37. The van der Waals surface area contributed by atoms with Gasteiger partial charge in [-0.2, -0.15) is 0 Å². The largest absolute Gasteiger partial charge is 0.498 e. The number of allylic oxidation sites excluding steroid dienone is 2. The van der Waals surface area contributed by atoms with Crippen LogP contribution in [0, 0.1) is 0 Å². The fourth-order valence-electron chi connectivity index (χ4n) is 2.20. The molecule has 1 aliphatic rings. The average molecular weight is 312 g/mol. The molecule has 124 valence electrons. The first-order chi connectivity index (χ1) is 10.5. The molecule has 0 radical (unpaired) electrons. The van der Waals surface area contributed by atoms with Crippen LogP contribution in [0.2, 0.25) is 0 Å². The lowest BCUT2D eigenvalue weighted by atomic mass is 9.60. The third kappa shape index (κ3) is 5.14. The van der Waals surface area contributed by atoms with E-state index in [9.17, 15) is 20.1 Å². The van der Waals surface area contributed by atoms with Crippen LogP contribution in [0.5, 0.6) is 0 Å². The van der Waals surface area contributed by atoms with Gasteiger partial charge in [-0.25, -0.2) is 0 Å². The summed E-state index contributed by atoms with van der Waals surface area (Å²) in [5, 5.41) is 38.3. The minimum Gasteiger partial charge on any atom is -0.498 e. The molecule has 0 bridgehead atoms. The van der Waals surface area contributed by atoms with Crippen molar-refractivity contribution < 1.29 is 29.6 Å². The predicted molar refractivity (Wildman–Crippen MR) is 85.6 cm³/mol. The van der Waals surface area contributed by atoms with Gasteiger partial charge in [0.1, 0.15) is 5.50 Å². The molecule has 1 aliphatic carbocycles. The number of hydrogen-bond donors (Lipinski definition) is 4. The van der Waals surface area contributed by atoms with Crippen LogP contribution in [0.15, 0.2) is 23.4 Å². The Morgan fingerprint density at radius 1 is 1.09 bits per heavy atom. The molecule has 0 heterocycles. The van der Waals surface area contributed by atoms with Crippen LogP contribution in [-0.2, 0) is 9.47 Å². The molecule has 22 heavy (non-hydrogen) atoms. The van der Waals surface area contributed by atoms with E-state index >= 15 is 0 Å². The highest BCUT2D eigenvalue weighted by Gasteiger charge is 2.45. The molecular formula is C14H26B2O6. The molecule has 8 heteroatoms. The van der Waals surface area contributed by atoms with Crippen molar-refractivity contribution in [3.8, 4) is 0 Å². The summed E-state index contributed by atoms with van der Waals surface area (Å²) in [7, 11) is -3.39. The van der Waals surface area contributed by atoms with E-state index < -0.39 is 19.7 Å². The van der Waals surface area contributed by atoms with Crippen molar-refractivity contribution >= 4 is 14.2 Å². The average Bonchev–Trinajstić information content (AvgIpc) is 2.47. The molecule has 0 aromatic carbocycles. The van der Waals surface area contributed by atoms with Crippen LogP contribution in [0.1, 0.15) is 46.0 Å². The quantitative estimate of drug-likeness (QED) is 0.348. The zero-order valence-electron chi connectivity index (χ0n) is 13.4. The van der Waals surface area contributed by atoms with Gasteiger partial charge in [0.15, 0.2) is 0 Å². The van der Waals surface area contributed by atoms with E-state index in [1.807, 2.05) is 13.8 Å². The molecule has 0 amide bonds. The standard InChI is InChI=1S/C14H26B2O6/c1-3-5-9-21-13-11-14(16(19)20,22-10-6-4-2)8-7-12(13)15(17)18/h7-8,17-20H,3-6,9-11H2,1-2H3. The number of rotatable bonds is 10. The molecule has 1 atom stereocenters. The Balaban J connectivity index is 2.90. The van der Waals surface area contributed by atoms with E-state index in [0.29, 0.717) is 19.0 Å². The summed E-state index contributed by atoms with van der Waals surface area (Å²) < 4.78 is 11.3. The van der Waals surface area contributed by atoms with Gasteiger partial charge in [0.2, 0.25) is 0 Å². The zero-order valence-corrected chi connectivity index (χ0v) is 13.4. The van der Waals surface area contributed by atoms with Crippen LogP contribution >= 0.6 is 0 Å². The number of ether oxygens (including phenoxy) is 2. The number of hydrogen-bond acceptors (Lipinski definition) is 6. The minimum absolute atomic E-state index is 0.0571. The summed E-state index contributed by atoms with van der Waals surface area (Å²) in [5.41, 5.74) is -1.08. The maximum Gasteiger partial charge on any atom is 0.491 e. The third-order valence-electron chi connectivity index (χ3n) is 3.66. The summed E-state index contributed by atoms with van der Waals surface area (Å²) >= 11 is 0. The van der Waals surface area contributed by atoms with Gasteiger partial charge in [-0.1, -0.05) is 38.8 Å². The zero-order chi connectivity index (χ0) is 16.6. The van der Waals surface area contributed by atoms with Gasteiger partial charge in [-0.05, 0) is 12.8 Å². The Morgan fingerprint density at radius 3 is 2.27 bits per heavy atom. The fraction of sp³-hybridized carbons (Fsp3) is 0.714. The van der Waals surface area contributed by atoms with Crippen molar-refractivity contribution in [1.82, 2.24) is 0 Å². The minimum atomic E-state index is -1.72. The summed E-state index contributed by atoms with van der Waals surface area (Å²) in [5.74, 6) is 0.329. The van der Waals surface area contributed by atoms with Crippen molar-refractivity contribution in [3.63, 3.8) is 0 Å². The first-order valence-electron chi connectivity index (χ1n) is 7.88. The molecule has 0 aliphatic heterocycles. The molecule has 1 rings (SSSR count). The SMILES string of the molecule is CCCCOC1=C(B(O)O)C=CC(OCCCC)(B(O)O)C1. The Hall–Kier alpha value is -0.790. The molecule has 1 unspecified atom stereocenters. The highest BCUT2D eigenvalue weighted by Crippen LogP contribution is 2.32. The van der Waals surface area contributed by atoms with Gasteiger partial charge in [0.25, 0.3) is 0 Å². The highest BCUT2D eigenvalue weighted by atomic mass is 16.5. The van der Waals surface area contributed by atoms with Crippen LogP contribution in [0.25, 0.3) is 0 Å². The molecule has 6 nitrogen and oxygen atoms in total. The molecule has 0 saturated carbocycles. The lowest BCUT2D eigenvalue weighted by Gasteiger charge is -2.34. The fourth-order valence-corrected chi connectivity index (χ4v) is 2.20. The second-order valence-corrected chi connectivity index (χ2v) is 5.49. The Bertz CT molecular complexity index is 397. The lowest BCUT2D eigenvalue weighted by Crippen LogP contribution is -2.49. The van der Waals surface area contributed by atoms with Gasteiger partial charge < -0.3 is 29.6 Å². The van der Waals surface area contributed by atoms with E-state index in [1.165, 1.54) is 12.2 Å².